The first-order valence-electron chi connectivity index (χ1n) is 10.6. The lowest BCUT2D eigenvalue weighted by atomic mass is 10.2. The predicted octanol–water partition coefficient (Wildman–Crippen LogP) is 4.23. The van der Waals surface area contributed by atoms with E-state index >= 15 is 0 Å². The predicted molar refractivity (Wildman–Crippen MR) is 137 cm³/mol. The molecule has 0 aliphatic carbocycles. The number of nitrogens with zero attached hydrogens (tertiary/aromatic N) is 4. The molecule has 3 rings (SSSR count). The first-order chi connectivity index (χ1) is 15.3. The molecule has 32 heavy (non-hydrogen) atoms. The Morgan fingerprint density at radius 3 is 2.59 bits per heavy atom. The van der Waals surface area contributed by atoms with E-state index in [-0.39, 0.29) is 24.0 Å². The van der Waals surface area contributed by atoms with Crippen LogP contribution in [0.2, 0.25) is 0 Å². The number of pyridine rings is 1. The van der Waals surface area contributed by atoms with Crippen molar-refractivity contribution in [3.63, 3.8) is 0 Å². The van der Waals surface area contributed by atoms with Crippen LogP contribution in [0.3, 0.4) is 0 Å². The maximum atomic E-state index is 5.87. The lowest BCUT2D eigenvalue weighted by Crippen LogP contribution is -2.38. The fourth-order valence-corrected chi connectivity index (χ4v) is 2.89. The lowest BCUT2D eigenvalue weighted by Gasteiger charge is -2.11. The molecule has 172 valence electrons. The highest BCUT2D eigenvalue weighted by atomic mass is 127. The van der Waals surface area contributed by atoms with Gasteiger partial charge in [0, 0.05) is 44.3 Å². The highest BCUT2D eigenvalue weighted by molar-refractivity contribution is 14.0. The van der Waals surface area contributed by atoms with Crippen LogP contribution in [0.4, 0.5) is 0 Å². The summed E-state index contributed by atoms with van der Waals surface area (Å²) in [5, 5.41) is 10.9. The molecular formula is C23H31IN6O2. The lowest BCUT2D eigenvalue weighted by molar-refractivity contribution is 0.339. The van der Waals surface area contributed by atoms with Crippen LogP contribution in [0, 0.1) is 0 Å². The Labute approximate surface area is 206 Å². The number of hydrogen-bond donors (Lipinski definition) is 2. The SMILES string of the molecule is CCNC(=NCc1ccnc(Oc2ccc(OCC)cc2)c1)NCCCn1cccn1.I. The van der Waals surface area contributed by atoms with E-state index in [1.807, 2.05) is 60.3 Å². The maximum Gasteiger partial charge on any atom is 0.219 e. The minimum Gasteiger partial charge on any atom is -0.494 e. The zero-order chi connectivity index (χ0) is 21.7. The van der Waals surface area contributed by atoms with E-state index in [2.05, 4.69) is 32.6 Å². The minimum absolute atomic E-state index is 0. The number of aromatic nitrogens is 3. The fraction of sp³-hybridized carbons (Fsp3) is 0.348. The molecule has 0 aliphatic heterocycles. The van der Waals surface area contributed by atoms with Gasteiger partial charge in [0.2, 0.25) is 5.88 Å². The van der Waals surface area contributed by atoms with Gasteiger partial charge in [0.15, 0.2) is 5.96 Å². The molecule has 8 nitrogen and oxygen atoms in total. The summed E-state index contributed by atoms with van der Waals surface area (Å²) in [6, 6.07) is 13.3. The molecule has 0 saturated heterocycles. The van der Waals surface area contributed by atoms with Crippen LogP contribution >= 0.6 is 24.0 Å². The van der Waals surface area contributed by atoms with E-state index in [9.17, 15) is 0 Å². The number of benzene rings is 1. The van der Waals surface area contributed by atoms with Crippen LogP contribution in [0.15, 0.2) is 66.0 Å². The number of aryl methyl sites for hydroxylation is 1. The van der Waals surface area contributed by atoms with Crippen molar-refractivity contribution >= 4 is 29.9 Å². The molecule has 0 aliphatic rings. The second-order valence-electron chi connectivity index (χ2n) is 6.75. The molecule has 0 atom stereocenters. The molecule has 0 bridgehead atoms. The van der Waals surface area contributed by atoms with Gasteiger partial charge in [-0.1, -0.05) is 0 Å². The normalized spacial score (nSPS) is 10.9. The third-order valence-electron chi connectivity index (χ3n) is 4.34. The molecular weight excluding hydrogens is 519 g/mol. The Balaban J connectivity index is 0.00000363. The van der Waals surface area contributed by atoms with Gasteiger partial charge in [-0.3, -0.25) is 4.68 Å². The zero-order valence-electron chi connectivity index (χ0n) is 18.5. The van der Waals surface area contributed by atoms with Crippen LogP contribution in [0.25, 0.3) is 0 Å². The molecule has 2 N–H and O–H groups in total. The second-order valence-corrected chi connectivity index (χ2v) is 6.75. The summed E-state index contributed by atoms with van der Waals surface area (Å²) < 4.78 is 13.2. The van der Waals surface area contributed by atoms with Gasteiger partial charge in [0.25, 0.3) is 0 Å². The summed E-state index contributed by atoms with van der Waals surface area (Å²) in [5.74, 6) is 2.85. The molecule has 0 fully saturated rings. The molecule has 0 amide bonds. The smallest absolute Gasteiger partial charge is 0.219 e. The zero-order valence-corrected chi connectivity index (χ0v) is 20.9. The minimum atomic E-state index is 0. The Kier molecular flexibility index (Phi) is 11.4. The molecule has 1 aromatic carbocycles. The van der Waals surface area contributed by atoms with Gasteiger partial charge in [-0.25, -0.2) is 9.98 Å². The van der Waals surface area contributed by atoms with E-state index in [1.54, 1.807) is 12.4 Å². The van der Waals surface area contributed by atoms with Crippen LogP contribution < -0.4 is 20.1 Å². The van der Waals surface area contributed by atoms with Crippen molar-refractivity contribution in [3.8, 4) is 17.4 Å². The second kappa shape index (κ2) is 14.3. The van der Waals surface area contributed by atoms with Crippen LogP contribution in [0.5, 0.6) is 17.4 Å². The van der Waals surface area contributed by atoms with Crippen molar-refractivity contribution in [2.75, 3.05) is 19.7 Å². The van der Waals surface area contributed by atoms with Crippen molar-refractivity contribution in [1.82, 2.24) is 25.4 Å². The van der Waals surface area contributed by atoms with Gasteiger partial charge in [-0.2, -0.15) is 5.10 Å². The number of ether oxygens (including phenoxy) is 2. The first kappa shape index (κ1) is 25.4. The van der Waals surface area contributed by atoms with E-state index in [0.29, 0.717) is 24.8 Å². The number of nitrogens with one attached hydrogen (secondary N) is 2. The molecule has 3 aromatic rings. The summed E-state index contributed by atoms with van der Waals surface area (Å²) in [4.78, 5) is 8.97. The summed E-state index contributed by atoms with van der Waals surface area (Å²) >= 11 is 0. The van der Waals surface area contributed by atoms with E-state index in [0.717, 1.165) is 43.3 Å². The van der Waals surface area contributed by atoms with Crippen LogP contribution in [0.1, 0.15) is 25.8 Å². The molecule has 0 unspecified atom stereocenters. The Morgan fingerprint density at radius 1 is 1.06 bits per heavy atom. The van der Waals surface area contributed by atoms with Gasteiger partial charge in [-0.05, 0) is 62.2 Å². The van der Waals surface area contributed by atoms with E-state index in [4.69, 9.17) is 9.47 Å². The summed E-state index contributed by atoms with van der Waals surface area (Å²) in [7, 11) is 0. The summed E-state index contributed by atoms with van der Waals surface area (Å²) in [6.07, 6.45) is 6.46. The van der Waals surface area contributed by atoms with Gasteiger partial charge in [0.1, 0.15) is 11.5 Å². The monoisotopic (exact) mass is 550 g/mol. The molecule has 0 spiro atoms. The highest BCUT2D eigenvalue weighted by Crippen LogP contribution is 2.23. The van der Waals surface area contributed by atoms with E-state index < -0.39 is 0 Å². The third-order valence-corrected chi connectivity index (χ3v) is 4.34. The van der Waals surface area contributed by atoms with Gasteiger partial charge in [0.05, 0.1) is 13.2 Å². The van der Waals surface area contributed by atoms with Crippen molar-refractivity contribution in [1.29, 1.82) is 0 Å². The number of guanidine groups is 1. The quantitative estimate of drug-likeness (QED) is 0.161. The fourth-order valence-electron chi connectivity index (χ4n) is 2.89. The average Bonchev–Trinajstić information content (AvgIpc) is 3.30. The van der Waals surface area contributed by atoms with Crippen LogP contribution in [-0.4, -0.2) is 40.4 Å². The average molecular weight is 550 g/mol. The molecule has 2 heterocycles. The number of rotatable bonds is 11. The third kappa shape index (κ3) is 8.74. The number of halogens is 1. The summed E-state index contributed by atoms with van der Waals surface area (Å²) in [5.41, 5.74) is 1.02. The van der Waals surface area contributed by atoms with Crippen LogP contribution in [-0.2, 0) is 13.1 Å². The Hall–Kier alpha value is -2.82. The topological polar surface area (TPSA) is 85.6 Å². The molecule has 0 radical (unpaired) electrons. The number of aliphatic imine (C=N–C) groups is 1. The largest absolute Gasteiger partial charge is 0.494 e. The van der Waals surface area contributed by atoms with Crippen molar-refractivity contribution in [2.24, 2.45) is 4.99 Å². The van der Waals surface area contributed by atoms with Gasteiger partial charge in [-0.15, -0.1) is 24.0 Å². The summed E-state index contributed by atoms with van der Waals surface area (Å²) in [6.45, 7) is 7.66. The molecule has 0 saturated carbocycles. The van der Waals surface area contributed by atoms with E-state index in [1.165, 1.54) is 0 Å². The standard InChI is InChI=1S/C23H30N6O2.HI/c1-3-24-23(26-12-5-15-29-16-6-13-28-29)27-18-19-11-14-25-22(17-19)31-21-9-7-20(8-10-21)30-4-2;/h6-11,13-14,16-17H,3-5,12,15,18H2,1-2H3,(H2,24,26,27);1H. The molecule has 2 aromatic heterocycles. The Morgan fingerprint density at radius 2 is 1.88 bits per heavy atom. The van der Waals surface area contributed by atoms with Gasteiger partial charge < -0.3 is 20.1 Å². The first-order valence-corrected chi connectivity index (χ1v) is 10.6. The Bertz CT molecular complexity index is 932. The van der Waals surface area contributed by atoms with Crippen molar-refractivity contribution in [2.45, 2.75) is 33.4 Å². The van der Waals surface area contributed by atoms with Crippen molar-refractivity contribution < 1.29 is 9.47 Å². The maximum absolute atomic E-state index is 5.87. The number of hydrogen-bond acceptors (Lipinski definition) is 5. The highest BCUT2D eigenvalue weighted by Gasteiger charge is 2.03. The van der Waals surface area contributed by atoms with Gasteiger partial charge >= 0.3 is 0 Å². The molecule has 9 heteroatoms. The van der Waals surface area contributed by atoms with Crippen molar-refractivity contribution in [3.05, 3.63) is 66.6 Å².